The highest BCUT2D eigenvalue weighted by molar-refractivity contribution is 6.15. The van der Waals surface area contributed by atoms with Gasteiger partial charge in [-0.1, -0.05) is 43.9 Å². The number of hydrogen-bond acceptors (Lipinski definition) is 4. The second-order valence-electron chi connectivity index (χ2n) is 6.82. The van der Waals surface area contributed by atoms with E-state index in [1.807, 2.05) is 32.0 Å². The van der Waals surface area contributed by atoms with Gasteiger partial charge in [-0.3, -0.25) is 14.4 Å². The molecule has 0 N–H and O–H groups in total. The highest BCUT2D eigenvalue weighted by Gasteiger charge is 2.49. The van der Waals surface area contributed by atoms with Gasteiger partial charge < -0.3 is 4.74 Å². The fourth-order valence-corrected chi connectivity index (χ4v) is 3.16. The van der Waals surface area contributed by atoms with Crippen molar-refractivity contribution >= 4 is 17.9 Å². The van der Waals surface area contributed by atoms with Crippen LogP contribution in [0.25, 0.3) is 0 Å². The Morgan fingerprint density at radius 3 is 2.54 bits per heavy atom. The van der Waals surface area contributed by atoms with E-state index >= 15 is 0 Å². The summed E-state index contributed by atoms with van der Waals surface area (Å²) in [5, 5.41) is 0. The fraction of sp³-hybridized carbons (Fsp3) is 0.318. The fourth-order valence-electron chi connectivity index (χ4n) is 3.16. The number of carbonyl (C=O) groups is 3. The molecule has 0 aromatic heterocycles. The van der Waals surface area contributed by atoms with Crippen molar-refractivity contribution in [3.8, 4) is 17.6 Å². The number of hydrogen-bond donors (Lipinski definition) is 0. The summed E-state index contributed by atoms with van der Waals surface area (Å²) in [5.41, 5.74) is 1.02. The molecule has 0 spiro atoms. The van der Waals surface area contributed by atoms with Crippen LogP contribution in [0.3, 0.4) is 0 Å². The maximum atomic E-state index is 12.7. The maximum absolute atomic E-state index is 12.7. The van der Waals surface area contributed by atoms with Crippen molar-refractivity contribution in [3.05, 3.63) is 53.1 Å². The molecule has 1 aliphatic carbocycles. The van der Waals surface area contributed by atoms with Gasteiger partial charge in [0, 0.05) is 22.1 Å². The molecule has 1 aromatic carbocycles. The van der Waals surface area contributed by atoms with Gasteiger partial charge in [0.15, 0.2) is 11.6 Å². The molecule has 26 heavy (non-hydrogen) atoms. The van der Waals surface area contributed by atoms with Crippen molar-refractivity contribution in [1.82, 2.24) is 0 Å². The molecular weight excluding hydrogens is 328 g/mol. The third-order valence-electron chi connectivity index (χ3n) is 4.52. The lowest BCUT2D eigenvalue weighted by molar-refractivity contribution is -0.134. The maximum Gasteiger partial charge on any atom is 0.181 e. The van der Waals surface area contributed by atoms with E-state index < -0.39 is 11.3 Å². The third kappa shape index (κ3) is 4.00. The highest BCUT2D eigenvalue weighted by atomic mass is 16.5. The zero-order valence-electron chi connectivity index (χ0n) is 15.5. The van der Waals surface area contributed by atoms with Gasteiger partial charge >= 0.3 is 0 Å². The smallest absolute Gasteiger partial charge is 0.181 e. The Bertz CT molecular complexity index is 845. The Morgan fingerprint density at radius 1 is 1.27 bits per heavy atom. The van der Waals surface area contributed by atoms with E-state index in [4.69, 9.17) is 4.74 Å². The number of ketones is 2. The zero-order valence-corrected chi connectivity index (χ0v) is 15.5. The summed E-state index contributed by atoms with van der Waals surface area (Å²) in [5.74, 6) is 5.16. The van der Waals surface area contributed by atoms with Gasteiger partial charge in [-0.25, -0.2) is 0 Å². The van der Waals surface area contributed by atoms with Gasteiger partial charge in [0.25, 0.3) is 0 Å². The number of rotatable bonds is 5. The first-order valence-corrected chi connectivity index (χ1v) is 8.39. The number of para-hydroxylation sites is 1. The van der Waals surface area contributed by atoms with Crippen molar-refractivity contribution in [3.63, 3.8) is 0 Å². The van der Waals surface area contributed by atoms with Crippen molar-refractivity contribution < 1.29 is 19.1 Å². The van der Waals surface area contributed by atoms with Crippen LogP contribution in [0.15, 0.2) is 53.1 Å². The van der Waals surface area contributed by atoms with Crippen LogP contribution in [0, 0.1) is 23.2 Å². The van der Waals surface area contributed by atoms with Crippen molar-refractivity contribution in [1.29, 1.82) is 0 Å². The molecule has 0 fully saturated rings. The second kappa shape index (κ2) is 7.97. The number of benzene rings is 1. The minimum atomic E-state index is -0.814. The van der Waals surface area contributed by atoms with E-state index in [0.29, 0.717) is 28.8 Å². The number of aldehydes is 1. The quantitative estimate of drug-likeness (QED) is 0.354. The number of carbonyl (C=O) groups excluding carboxylic acids is 3. The molecule has 0 saturated heterocycles. The molecule has 0 saturated carbocycles. The molecule has 0 radical (unpaired) electrons. The molecule has 2 rings (SSSR count). The molecule has 1 unspecified atom stereocenters. The largest absolute Gasteiger partial charge is 0.486 e. The topological polar surface area (TPSA) is 60.4 Å². The highest BCUT2D eigenvalue weighted by Crippen LogP contribution is 2.45. The van der Waals surface area contributed by atoms with Crippen LogP contribution in [0.1, 0.15) is 27.7 Å². The van der Waals surface area contributed by atoms with Gasteiger partial charge in [0.05, 0.1) is 5.92 Å². The summed E-state index contributed by atoms with van der Waals surface area (Å²) in [4.78, 5) is 35.9. The Labute approximate surface area is 153 Å². The molecule has 4 heteroatoms. The Balaban J connectivity index is 2.21. The van der Waals surface area contributed by atoms with E-state index in [2.05, 4.69) is 11.8 Å². The van der Waals surface area contributed by atoms with Gasteiger partial charge in [-0.15, -0.1) is 0 Å². The average Bonchev–Trinajstić information content (AvgIpc) is 2.77. The van der Waals surface area contributed by atoms with E-state index in [9.17, 15) is 14.4 Å². The number of Topliss-reactive ketones (excluding diaryl/α,β-unsaturated/α-hetero) is 2. The SMILES string of the molecule is CC(C#CC1=C(C)C(=O)C(C(=O)COc2ccccc2)C1(C)C)=CC=O. The molecular formula is C22H22O4. The van der Waals surface area contributed by atoms with Crippen LogP contribution < -0.4 is 4.74 Å². The summed E-state index contributed by atoms with van der Waals surface area (Å²) >= 11 is 0. The van der Waals surface area contributed by atoms with E-state index in [1.54, 1.807) is 26.0 Å². The summed E-state index contributed by atoms with van der Waals surface area (Å²) in [6.45, 7) is 6.93. The van der Waals surface area contributed by atoms with Gasteiger partial charge in [-0.05, 0) is 32.1 Å². The monoisotopic (exact) mass is 350 g/mol. The van der Waals surface area contributed by atoms with Crippen molar-refractivity contribution in [2.45, 2.75) is 27.7 Å². The van der Waals surface area contributed by atoms with Gasteiger partial charge in [0.2, 0.25) is 0 Å². The zero-order chi connectivity index (χ0) is 19.3. The van der Waals surface area contributed by atoms with Crippen LogP contribution in [-0.4, -0.2) is 24.5 Å². The van der Waals surface area contributed by atoms with Crippen LogP contribution in [-0.2, 0) is 14.4 Å². The lowest BCUT2D eigenvalue weighted by Crippen LogP contribution is -2.36. The predicted octanol–water partition coefficient (Wildman–Crippen LogP) is 3.32. The lowest BCUT2D eigenvalue weighted by atomic mass is 9.75. The summed E-state index contributed by atoms with van der Waals surface area (Å²) in [7, 11) is 0. The summed E-state index contributed by atoms with van der Waals surface area (Å²) < 4.78 is 5.52. The van der Waals surface area contributed by atoms with Crippen LogP contribution in [0.4, 0.5) is 0 Å². The van der Waals surface area contributed by atoms with E-state index in [-0.39, 0.29) is 18.2 Å². The third-order valence-corrected chi connectivity index (χ3v) is 4.52. The number of allylic oxidation sites excluding steroid dienone is 4. The van der Waals surface area contributed by atoms with E-state index in [0.717, 1.165) is 0 Å². The molecule has 4 nitrogen and oxygen atoms in total. The average molecular weight is 350 g/mol. The summed E-state index contributed by atoms with van der Waals surface area (Å²) in [6.07, 6.45) is 2.03. The van der Waals surface area contributed by atoms with Crippen LogP contribution in [0.5, 0.6) is 5.75 Å². The van der Waals surface area contributed by atoms with Crippen LogP contribution in [0.2, 0.25) is 0 Å². The molecule has 0 heterocycles. The van der Waals surface area contributed by atoms with Crippen LogP contribution >= 0.6 is 0 Å². The minimum absolute atomic E-state index is 0.165. The lowest BCUT2D eigenvalue weighted by Gasteiger charge is -2.26. The molecule has 1 aliphatic rings. The van der Waals surface area contributed by atoms with Crippen molar-refractivity contribution in [2.75, 3.05) is 6.61 Å². The standard InChI is InChI=1S/C22H22O4/c1-15(12-13-23)10-11-18-16(2)21(25)20(22(18,3)4)19(24)14-26-17-8-6-5-7-9-17/h5-9,12-13,20H,14H2,1-4H3. The number of ether oxygens (including phenoxy) is 1. The molecule has 0 bridgehead atoms. The normalized spacial score (nSPS) is 19.0. The van der Waals surface area contributed by atoms with E-state index in [1.165, 1.54) is 6.08 Å². The predicted molar refractivity (Wildman–Crippen MR) is 99.5 cm³/mol. The first-order valence-electron chi connectivity index (χ1n) is 8.39. The summed E-state index contributed by atoms with van der Waals surface area (Å²) in [6, 6.07) is 9.02. The first-order chi connectivity index (χ1) is 12.3. The molecule has 0 aliphatic heterocycles. The molecule has 0 amide bonds. The molecule has 1 atom stereocenters. The molecule has 134 valence electrons. The Hall–Kier alpha value is -2.93. The van der Waals surface area contributed by atoms with Gasteiger partial charge in [-0.2, -0.15) is 0 Å². The minimum Gasteiger partial charge on any atom is -0.486 e. The van der Waals surface area contributed by atoms with Gasteiger partial charge in [0.1, 0.15) is 18.6 Å². The molecule has 1 aromatic rings. The Morgan fingerprint density at radius 2 is 1.92 bits per heavy atom. The van der Waals surface area contributed by atoms with Crippen molar-refractivity contribution in [2.24, 2.45) is 11.3 Å². The first kappa shape index (κ1) is 19.4. The Kier molecular flexibility index (Phi) is 5.94. The second-order valence-corrected chi connectivity index (χ2v) is 6.82.